The lowest BCUT2D eigenvalue weighted by molar-refractivity contribution is -0.158. The minimum Gasteiger partial charge on any atom is -0.497 e. The molecule has 0 saturated carbocycles. The van der Waals surface area contributed by atoms with E-state index in [2.05, 4.69) is 40.2 Å². The van der Waals surface area contributed by atoms with Crippen molar-refractivity contribution in [2.75, 3.05) is 26.8 Å². The van der Waals surface area contributed by atoms with E-state index in [-0.39, 0.29) is 5.97 Å². The highest BCUT2D eigenvalue weighted by Crippen LogP contribution is 2.37. The Kier molecular flexibility index (Phi) is 6.52. The first-order chi connectivity index (χ1) is 15.1. The van der Waals surface area contributed by atoms with Gasteiger partial charge in [-0.2, -0.15) is 0 Å². The second-order valence-electron chi connectivity index (χ2n) is 8.34. The number of fused-ring (bicyclic) bond motifs is 1. The van der Waals surface area contributed by atoms with Gasteiger partial charge in [-0.05, 0) is 80.7 Å². The molecule has 0 unspecified atom stereocenters. The number of carbonyl (C=O) groups excluding carboxylic acids is 1. The van der Waals surface area contributed by atoms with Crippen LogP contribution in [0.2, 0.25) is 0 Å². The molecule has 0 N–H and O–H groups in total. The summed E-state index contributed by atoms with van der Waals surface area (Å²) in [5.74, 6) is 0.744. The monoisotopic (exact) mass is 418 g/mol. The maximum absolute atomic E-state index is 13.0. The van der Waals surface area contributed by atoms with E-state index in [0.29, 0.717) is 13.0 Å². The maximum atomic E-state index is 13.0. The molecule has 1 aliphatic rings. The fourth-order valence-corrected chi connectivity index (χ4v) is 4.53. The van der Waals surface area contributed by atoms with E-state index in [9.17, 15) is 4.79 Å². The summed E-state index contributed by atoms with van der Waals surface area (Å²) in [6.45, 7) is 4.90. The Balaban J connectivity index is 1.47. The van der Waals surface area contributed by atoms with Crippen LogP contribution in [0.15, 0.2) is 60.8 Å². The standard InChI is InChI=1S/C26H30N2O3/c1-3-31-25(29)26(18-20-6-4-8-23(17-20)30-2)11-14-28(15-12-26)19-21-9-10-24-22(16-21)7-5-13-27-24/h4-10,13,16-17H,3,11-12,14-15,18-19H2,1-2H3. The average Bonchev–Trinajstić information content (AvgIpc) is 2.80. The third-order valence-electron chi connectivity index (χ3n) is 6.27. The summed E-state index contributed by atoms with van der Waals surface area (Å²) in [7, 11) is 1.67. The molecule has 0 spiro atoms. The predicted octanol–water partition coefficient (Wildman–Crippen LogP) is 4.63. The lowest BCUT2D eigenvalue weighted by atomic mass is 9.73. The molecule has 5 heteroatoms. The second kappa shape index (κ2) is 9.48. The van der Waals surface area contributed by atoms with E-state index in [1.807, 2.05) is 37.4 Å². The number of methoxy groups -OCH3 is 1. The van der Waals surface area contributed by atoms with Gasteiger partial charge in [-0.3, -0.25) is 14.7 Å². The molecule has 1 saturated heterocycles. The molecule has 1 aromatic heterocycles. The molecular formula is C26H30N2O3. The fourth-order valence-electron chi connectivity index (χ4n) is 4.53. The first kappa shape index (κ1) is 21.3. The zero-order chi connectivity index (χ0) is 21.7. The van der Waals surface area contributed by atoms with Crippen LogP contribution in [0.4, 0.5) is 0 Å². The van der Waals surface area contributed by atoms with Crippen molar-refractivity contribution in [3.63, 3.8) is 0 Å². The van der Waals surface area contributed by atoms with Crippen molar-refractivity contribution in [2.45, 2.75) is 32.7 Å². The van der Waals surface area contributed by atoms with E-state index < -0.39 is 5.41 Å². The normalized spacial score (nSPS) is 16.2. The zero-order valence-electron chi connectivity index (χ0n) is 18.3. The summed E-state index contributed by atoms with van der Waals surface area (Å²) in [6.07, 6.45) is 4.08. The van der Waals surface area contributed by atoms with Crippen LogP contribution in [0.1, 0.15) is 30.9 Å². The van der Waals surface area contributed by atoms with Crippen LogP contribution >= 0.6 is 0 Å². The number of pyridine rings is 1. The van der Waals surface area contributed by atoms with Gasteiger partial charge in [-0.15, -0.1) is 0 Å². The van der Waals surface area contributed by atoms with Gasteiger partial charge in [0.15, 0.2) is 0 Å². The Bertz CT molecular complexity index is 1040. The first-order valence-corrected chi connectivity index (χ1v) is 11.0. The van der Waals surface area contributed by atoms with Crippen LogP contribution in [0.25, 0.3) is 10.9 Å². The largest absolute Gasteiger partial charge is 0.497 e. The van der Waals surface area contributed by atoms with Crippen molar-refractivity contribution in [1.82, 2.24) is 9.88 Å². The van der Waals surface area contributed by atoms with E-state index in [1.54, 1.807) is 7.11 Å². The van der Waals surface area contributed by atoms with Crippen molar-refractivity contribution < 1.29 is 14.3 Å². The van der Waals surface area contributed by atoms with Crippen molar-refractivity contribution in [2.24, 2.45) is 5.41 Å². The molecule has 1 fully saturated rings. The molecule has 162 valence electrons. The molecule has 3 aromatic rings. The molecule has 1 aliphatic heterocycles. The summed E-state index contributed by atoms with van der Waals surface area (Å²) in [5, 5.41) is 1.16. The first-order valence-electron chi connectivity index (χ1n) is 11.0. The molecule has 4 rings (SSSR count). The number of esters is 1. The number of piperidine rings is 1. The molecule has 0 atom stereocenters. The predicted molar refractivity (Wildman–Crippen MR) is 122 cm³/mol. The number of carbonyl (C=O) groups is 1. The number of likely N-dealkylation sites (tertiary alicyclic amines) is 1. The van der Waals surface area contributed by atoms with Crippen molar-refractivity contribution >= 4 is 16.9 Å². The van der Waals surface area contributed by atoms with E-state index >= 15 is 0 Å². The average molecular weight is 419 g/mol. The van der Waals surface area contributed by atoms with Gasteiger partial charge in [0.1, 0.15) is 5.75 Å². The molecule has 0 amide bonds. The lowest BCUT2D eigenvalue weighted by Crippen LogP contribution is -2.46. The quantitative estimate of drug-likeness (QED) is 0.524. The molecule has 31 heavy (non-hydrogen) atoms. The highest BCUT2D eigenvalue weighted by Gasteiger charge is 2.42. The third-order valence-corrected chi connectivity index (χ3v) is 6.27. The van der Waals surface area contributed by atoms with Crippen LogP contribution in [0.3, 0.4) is 0 Å². The molecule has 2 heterocycles. The second-order valence-corrected chi connectivity index (χ2v) is 8.34. The molecule has 0 radical (unpaired) electrons. The number of rotatable bonds is 7. The summed E-state index contributed by atoms with van der Waals surface area (Å²) in [5.41, 5.74) is 2.93. The number of benzene rings is 2. The van der Waals surface area contributed by atoms with Crippen LogP contribution < -0.4 is 4.74 Å². The summed E-state index contributed by atoms with van der Waals surface area (Å²) in [4.78, 5) is 19.8. The third kappa shape index (κ3) is 4.88. The Morgan fingerprint density at radius 1 is 1.06 bits per heavy atom. The smallest absolute Gasteiger partial charge is 0.312 e. The Morgan fingerprint density at radius 2 is 1.90 bits per heavy atom. The Labute approximate surface area is 184 Å². The topological polar surface area (TPSA) is 51.7 Å². The Morgan fingerprint density at radius 3 is 2.68 bits per heavy atom. The van der Waals surface area contributed by atoms with Gasteiger partial charge in [0, 0.05) is 18.1 Å². The zero-order valence-corrected chi connectivity index (χ0v) is 18.3. The number of nitrogens with zero attached hydrogens (tertiary/aromatic N) is 2. The molecule has 2 aromatic carbocycles. The number of aromatic nitrogens is 1. The molecule has 0 aliphatic carbocycles. The number of ether oxygens (including phenoxy) is 2. The SMILES string of the molecule is CCOC(=O)C1(Cc2cccc(OC)c2)CCN(Cc2ccc3ncccc3c2)CC1. The van der Waals surface area contributed by atoms with Crippen LogP contribution in [-0.4, -0.2) is 42.7 Å². The van der Waals surface area contributed by atoms with Crippen LogP contribution in [0.5, 0.6) is 5.75 Å². The number of hydrogen-bond acceptors (Lipinski definition) is 5. The highest BCUT2D eigenvalue weighted by atomic mass is 16.5. The minimum absolute atomic E-state index is 0.0748. The molecule has 5 nitrogen and oxygen atoms in total. The minimum atomic E-state index is -0.480. The molecule has 0 bridgehead atoms. The highest BCUT2D eigenvalue weighted by molar-refractivity contribution is 5.79. The van der Waals surface area contributed by atoms with Crippen molar-refractivity contribution in [1.29, 1.82) is 0 Å². The fraction of sp³-hybridized carbons (Fsp3) is 0.385. The van der Waals surface area contributed by atoms with Crippen molar-refractivity contribution in [3.05, 3.63) is 71.9 Å². The summed E-state index contributed by atoms with van der Waals surface area (Å²) < 4.78 is 10.9. The van der Waals surface area contributed by atoms with Crippen LogP contribution in [-0.2, 0) is 22.5 Å². The van der Waals surface area contributed by atoms with Gasteiger partial charge in [0.05, 0.1) is 24.6 Å². The summed E-state index contributed by atoms with van der Waals surface area (Å²) >= 11 is 0. The number of hydrogen-bond donors (Lipinski definition) is 0. The van der Waals surface area contributed by atoms with Crippen molar-refractivity contribution in [3.8, 4) is 5.75 Å². The van der Waals surface area contributed by atoms with Gasteiger partial charge in [-0.25, -0.2) is 0 Å². The maximum Gasteiger partial charge on any atom is 0.312 e. The van der Waals surface area contributed by atoms with Gasteiger partial charge in [0.2, 0.25) is 0 Å². The van der Waals surface area contributed by atoms with Gasteiger partial charge >= 0.3 is 5.97 Å². The van der Waals surface area contributed by atoms with Crippen LogP contribution in [0, 0.1) is 5.41 Å². The lowest BCUT2D eigenvalue weighted by Gasteiger charge is -2.40. The molecular weight excluding hydrogens is 388 g/mol. The van der Waals surface area contributed by atoms with Gasteiger partial charge in [0.25, 0.3) is 0 Å². The van der Waals surface area contributed by atoms with E-state index in [4.69, 9.17) is 9.47 Å². The van der Waals surface area contributed by atoms with Gasteiger partial charge < -0.3 is 9.47 Å². The van der Waals surface area contributed by atoms with E-state index in [0.717, 1.165) is 54.7 Å². The van der Waals surface area contributed by atoms with Gasteiger partial charge in [-0.1, -0.05) is 24.3 Å². The van der Waals surface area contributed by atoms with E-state index in [1.165, 1.54) is 5.56 Å². The summed E-state index contributed by atoms with van der Waals surface area (Å²) in [6, 6.07) is 18.5. The Hall–Kier alpha value is -2.92.